The van der Waals surface area contributed by atoms with Crippen LogP contribution < -0.4 is 15.0 Å². The van der Waals surface area contributed by atoms with E-state index < -0.39 is 0 Å². The van der Waals surface area contributed by atoms with Crippen LogP contribution in [0.1, 0.15) is 5.56 Å². The Balaban J connectivity index is 1.52. The Labute approximate surface area is 175 Å². The van der Waals surface area contributed by atoms with Crippen molar-refractivity contribution >= 4 is 11.5 Å². The highest BCUT2D eigenvalue weighted by molar-refractivity contribution is 5.69. The summed E-state index contributed by atoms with van der Waals surface area (Å²) in [7, 11) is 5.68. The molecule has 0 unspecified atom stereocenters. The maximum atomic E-state index is 5.92. The zero-order chi connectivity index (χ0) is 20.9. The normalized spacial score (nSPS) is 10.6. The van der Waals surface area contributed by atoms with Gasteiger partial charge in [0.25, 0.3) is 5.89 Å². The first-order valence-electron chi connectivity index (χ1n) is 9.57. The molecule has 0 aliphatic carbocycles. The highest BCUT2D eigenvalue weighted by Crippen LogP contribution is 2.29. The minimum atomic E-state index is 0.416. The predicted octanol–water partition coefficient (Wildman–Crippen LogP) is 4.49. The van der Waals surface area contributed by atoms with Gasteiger partial charge in [-0.2, -0.15) is 0 Å². The van der Waals surface area contributed by atoms with Gasteiger partial charge in [0.05, 0.1) is 12.7 Å². The molecule has 4 aromatic rings. The second-order valence-corrected chi connectivity index (χ2v) is 6.95. The molecule has 7 heteroatoms. The molecule has 0 spiro atoms. The first-order valence-corrected chi connectivity index (χ1v) is 9.57. The number of nitrogens with one attached hydrogen (secondary N) is 1. The standard InChI is InChI=1S/C23H23N5O2/c1-28(2)18-10-6-16(7-11-18)15-25-21-20(5-4-14-24-21)23-27-26-22(30-23)17-8-12-19(29-3)13-9-17/h4-14H,15H2,1-3H3,(H,24,25). The van der Waals surface area contributed by atoms with E-state index in [2.05, 4.69) is 49.7 Å². The lowest BCUT2D eigenvalue weighted by molar-refractivity contribution is 0.415. The maximum absolute atomic E-state index is 5.92. The van der Waals surface area contributed by atoms with Crippen LogP contribution in [0, 0.1) is 0 Å². The van der Waals surface area contributed by atoms with E-state index >= 15 is 0 Å². The van der Waals surface area contributed by atoms with Crippen molar-refractivity contribution in [2.45, 2.75) is 6.54 Å². The molecule has 2 heterocycles. The average Bonchev–Trinajstić information content (AvgIpc) is 3.28. The molecule has 0 radical (unpaired) electrons. The number of rotatable bonds is 7. The summed E-state index contributed by atoms with van der Waals surface area (Å²) in [6, 6.07) is 19.6. The van der Waals surface area contributed by atoms with Crippen LogP contribution in [0.15, 0.2) is 71.3 Å². The van der Waals surface area contributed by atoms with Crippen molar-refractivity contribution in [3.63, 3.8) is 0 Å². The summed E-state index contributed by atoms with van der Waals surface area (Å²) in [5.74, 6) is 2.33. The van der Waals surface area contributed by atoms with E-state index in [9.17, 15) is 0 Å². The van der Waals surface area contributed by atoms with E-state index in [1.165, 1.54) is 0 Å². The van der Waals surface area contributed by atoms with Gasteiger partial charge >= 0.3 is 0 Å². The smallest absolute Gasteiger partial charge is 0.251 e. The van der Waals surface area contributed by atoms with Gasteiger partial charge in [-0.25, -0.2) is 4.98 Å². The molecule has 152 valence electrons. The SMILES string of the molecule is COc1ccc(-c2nnc(-c3cccnc3NCc3ccc(N(C)C)cc3)o2)cc1. The van der Waals surface area contributed by atoms with Gasteiger partial charge in [-0.3, -0.25) is 0 Å². The zero-order valence-corrected chi connectivity index (χ0v) is 17.2. The van der Waals surface area contributed by atoms with E-state index in [1.54, 1.807) is 13.3 Å². The molecule has 0 aliphatic rings. The number of ether oxygens (including phenoxy) is 1. The van der Waals surface area contributed by atoms with Crippen molar-refractivity contribution in [2.75, 3.05) is 31.4 Å². The van der Waals surface area contributed by atoms with Crippen LogP contribution >= 0.6 is 0 Å². The third-order valence-electron chi connectivity index (χ3n) is 4.71. The molecule has 4 rings (SSSR count). The van der Waals surface area contributed by atoms with Gasteiger partial charge in [-0.05, 0) is 54.1 Å². The molecule has 0 amide bonds. The quantitative estimate of drug-likeness (QED) is 0.489. The van der Waals surface area contributed by atoms with Crippen LogP contribution in [-0.2, 0) is 6.54 Å². The number of benzene rings is 2. The molecule has 1 N–H and O–H groups in total. The minimum Gasteiger partial charge on any atom is -0.497 e. The van der Waals surface area contributed by atoms with Gasteiger partial charge in [-0.1, -0.05) is 12.1 Å². The molecule has 2 aromatic carbocycles. The molecule has 2 aromatic heterocycles. The molecule has 0 fully saturated rings. The Morgan fingerprint density at radius 3 is 2.37 bits per heavy atom. The molecule has 30 heavy (non-hydrogen) atoms. The lowest BCUT2D eigenvalue weighted by Gasteiger charge is -2.13. The fourth-order valence-corrected chi connectivity index (χ4v) is 3.00. The average molecular weight is 401 g/mol. The zero-order valence-electron chi connectivity index (χ0n) is 17.2. The molecule has 0 atom stereocenters. The third-order valence-corrected chi connectivity index (χ3v) is 4.71. The Morgan fingerprint density at radius 1 is 0.933 bits per heavy atom. The molecular weight excluding hydrogens is 378 g/mol. The van der Waals surface area contributed by atoms with Gasteiger partial charge < -0.3 is 19.4 Å². The Bertz CT molecular complexity index is 1110. The van der Waals surface area contributed by atoms with Crippen LogP contribution in [0.5, 0.6) is 5.75 Å². The first-order chi connectivity index (χ1) is 14.6. The van der Waals surface area contributed by atoms with Crippen molar-refractivity contribution in [1.29, 1.82) is 0 Å². The third kappa shape index (κ3) is 4.25. The lowest BCUT2D eigenvalue weighted by Crippen LogP contribution is -2.08. The van der Waals surface area contributed by atoms with Gasteiger partial charge in [0.1, 0.15) is 11.6 Å². The fourth-order valence-electron chi connectivity index (χ4n) is 3.00. The fraction of sp³-hybridized carbons (Fsp3) is 0.174. The summed E-state index contributed by atoms with van der Waals surface area (Å²) < 4.78 is 11.1. The molecule has 0 bridgehead atoms. The number of hydrogen-bond donors (Lipinski definition) is 1. The molecular formula is C23H23N5O2. The Kier molecular flexibility index (Phi) is 5.61. The summed E-state index contributed by atoms with van der Waals surface area (Å²) >= 11 is 0. The van der Waals surface area contributed by atoms with Crippen LogP contribution in [0.4, 0.5) is 11.5 Å². The van der Waals surface area contributed by atoms with Gasteiger partial charge in [0, 0.05) is 38.1 Å². The number of aromatic nitrogens is 3. The van der Waals surface area contributed by atoms with Crippen LogP contribution in [0.25, 0.3) is 22.9 Å². The van der Waals surface area contributed by atoms with Crippen LogP contribution in [0.2, 0.25) is 0 Å². The summed E-state index contributed by atoms with van der Waals surface area (Å²) in [6.45, 7) is 0.636. The minimum absolute atomic E-state index is 0.416. The monoisotopic (exact) mass is 401 g/mol. The van der Waals surface area contributed by atoms with E-state index in [-0.39, 0.29) is 0 Å². The predicted molar refractivity (Wildman–Crippen MR) is 118 cm³/mol. The van der Waals surface area contributed by atoms with Crippen molar-refractivity contribution in [3.8, 4) is 28.7 Å². The molecule has 0 aliphatic heterocycles. The lowest BCUT2D eigenvalue weighted by atomic mass is 10.2. The molecule has 7 nitrogen and oxygen atoms in total. The van der Waals surface area contributed by atoms with E-state index in [1.807, 2.05) is 50.5 Å². The topological polar surface area (TPSA) is 76.3 Å². The van der Waals surface area contributed by atoms with Crippen LogP contribution in [0.3, 0.4) is 0 Å². The van der Waals surface area contributed by atoms with E-state index in [0.29, 0.717) is 24.1 Å². The van der Waals surface area contributed by atoms with Gasteiger partial charge in [0.2, 0.25) is 5.89 Å². The van der Waals surface area contributed by atoms with Gasteiger partial charge in [0.15, 0.2) is 0 Å². The van der Waals surface area contributed by atoms with Crippen molar-refractivity contribution in [1.82, 2.24) is 15.2 Å². The summed E-state index contributed by atoms with van der Waals surface area (Å²) in [5.41, 5.74) is 3.90. The number of hydrogen-bond acceptors (Lipinski definition) is 7. The van der Waals surface area contributed by atoms with Crippen molar-refractivity contribution < 1.29 is 9.15 Å². The highest BCUT2D eigenvalue weighted by atomic mass is 16.5. The second kappa shape index (κ2) is 8.65. The summed E-state index contributed by atoms with van der Waals surface area (Å²) in [5, 5.41) is 11.8. The first kappa shape index (κ1) is 19.4. The summed E-state index contributed by atoms with van der Waals surface area (Å²) in [6.07, 6.45) is 1.74. The molecule has 0 saturated carbocycles. The molecule has 0 saturated heterocycles. The Morgan fingerprint density at radius 2 is 1.67 bits per heavy atom. The number of anilines is 2. The second-order valence-electron chi connectivity index (χ2n) is 6.95. The summed E-state index contributed by atoms with van der Waals surface area (Å²) in [4.78, 5) is 6.53. The van der Waals surface area contributed by atoms with Gasteiger partial charge in [-0.15, -0.1) is 10.2 Å². The maximum Gasteiger partial charge on any atom is 0.251 e. The van der Waals surface area contributed by atoms with E-state index in [0.717, 1.165) is 28.1 Å². The highest BCUT2D eigenvalue weighted by Gasteiger charge is 2.15. The number of pyridine rings is 1. The van der Waals surface area contributed by atoms with Crippen molar-refractivity contribution in [2.24, 2.45) is 0 Å². The Hall–Kier alpha value is -3.87. The largest absolute Gasteiger partial charge is 0.497 e. The number of nitrogens with zero attached hydrogens (tertiary/aromatic N) is 4. The number of methoxy groups -OCH3 is 1. The van der Waals surface area contributed by atoms with E-state index in [4.69, 9.17) is 9.15 Å². The van der Waals surface area contributed by atoms with Crippen LogP contribution in [-0.4, -0.2) is 36.4 Å². The van der Waals surface area contributed by atoms with Crippen molar-refractivity contribution in [3.05, 3.63) is 72.4 Å².